The van der Waals surface area contributed by atoms with Crippen molar-refractivity contribution in [1.29, 1.82) is 0 Å². The van der Waals surface area contributed by atoms with E-state index in [9.17, 15) is 9.59 Å². The topological polar surface area (TPSA) is 116 Å². The molecule has 170 valence electrons. The van der Waals surface area contributed by atoms with Crippen molar-refractivity contribution in [3.8, 4) is 11.5 Å². The van der Waals surface area contributed by atoms with Gasteiger partial charge in [0.1, 0.15) is 5.84 Å². The summed E-state index contributed by atoms with van der Waals surface area (Å²) in [6.45, 7) is 6.44. The third kappa shape index (κ3) is 5.94. The van der Waals surface area contributed by atoms with Gasteiger partial charge in [0.05, 0.1) is 13.2 Å². The quantitative estimate of drug-likeness (QED) is 0.399. The van der Waals surface area contributed by atoms with E-state index in [2.05, 4.69) is 15.3 Å². The molecule has 2 aromatic carbocycles. The molecular formula is C25H26N4O4. The highest BCUT2D eigenvalue weighted by Gasteiger charge is 2.14. The summed E-state index contributed by atoms with van der Waals surface area (Å²) in [7, 11) is 0. The van der Waals surface area contributed by atoms with Crippen LogP contribution in [0.5, 0.6) is 11.5 Å². The molecular weight excluding hydrogens is 420 g/mol. The molecule has 0 atom stereocenters. The molecule has 0 aliphatic carbocycles. The average Bonchev–Trinajstić information content (AvgIpc) is 2.81. The van der Waals surface area contributed by atoms with Crippen LogP contribution in [-0.4, -0.2) is 35.8 Å². The lowest BCUT2D eigenvalue weighted by atomic mass is 10.0. The van der Waals surface area contributed by atoms with Gasteiger partial charge in [-0.2, -0.15) is 4.99 Å². The third-order valence-corrected chi connectivity index (χ3v) is 4.72. The number of aryl methyl sites for hydroxylation is 1. The Bertz CT molecular complexity index is 1180. The largest absolute Gasteiger partial charge is 0.490 e. The number of pyridine rings is 1. The molecule has 0 aliphatic heterocycles. The van der Waals surface area contributed by atoms with Gasteiger partial charge in [-0.1, -0.05) is 6.07 Å². The number of nitrogens with one attached hydrogen (secondary N) is 1. The van der Waals surface area contributed by atoms with E-state index >= 15 is 0 Å². The molecule has 33 heavy (non-hydrogen) atoms. The molecule has 1 heterocycles. The van der Waals surface area contributed by atoms with Gasteiger partial charge >= 0.3 is 0 Å². The number of amidine groups is 1. The number of carbonyl (C=O) groups is 2. The monoisotopic (exact) mass is 446 g/mol. The zero-order chi connectivity index (χ0) is 23.8. The fraction of sp³-hybridized carbons (Fsp3) is 0.200. The highest BCUT2D eigenvalue weighted by atomic mass is 16.5. The molecule has 3 rings (SSSR count). The Balaban J connectivity index is 1.79. The van der Waals surface area contributed by atoms with Gasteiger partial charge in [0.2, 0.25) is 0 Å². The molecule has 1 aromatic heterocycles. The summed E-state index contributed by atoms with van der Waals surface area (Å²) in [5.41, 5.74) is 8.84. The predicted molar refractivity (Wildman–Crippen MR) is 127 cm³/mol. The van der Waals surface area contributed by atoms with E-state index in [1.165, 1.54) is 0 Å². The van der Waals surface area contributed by atoms with Crippen LogP contribution < -0.4 is 20.5 Å². The minimum Gasteiger partial charge on any atom is -0.490 e. The standard InChI is InChI=1S/C25H26N4O4/c1-4-32-21-9-7-18(15-22(21)33-5-2)25(31)29-23(26)20-8-6-17(14-16(20)3)24(30)28-19-10-12-27-13-11-19/h6-15H,4-5H2,1-3H3,(H2,26,29,31)(H,27,28,30). The average molecular weight is 447 g/mol. The van der Waals surface area contributed by atoms with Gasteiger partial charge < -0.3 is 20.5 Å². The van der Waals surface area contributed by atoms with Gasteiger partial charge in [-0.05, 0) is 68.8 Å². The maximum atomic E-state index is 12.7. The van der Waals surface area contributed by atoms with Gasteiger partial charge in [0.15, 0.2) is 11.5 Å². The highest BCUT2D eigenvalue weighted by molar-refractivity contribution is 6.10. The van der Waals surface area contributed by atoms with Gasteiger partial charge in [0.25, 0.3) is 11.8 Å². The highest BCUT2D eigenvalue weighted by Crippen LogP contribution is 2.29. The first-order valence-corrected chi connectivity index (χ1v) is 10.5. The Labute approximate surface area is 192 Å². The third-order valence-electron chi connectivity index (χ3n) is 4.72. The Morgan fingerprint density at radius 3 is 2.27 bits per heavy atom. The number of nitrogens with zero attached hydrogens (tertiary/aromatic N) is 2. The molecule has 3 N–H and O–H groups in total. The summed E-state index contributed by atoms with van der Waals surface area (Å²) in [5, 5.41) is 2.80. The van der Waals surface area contributed by atoms with E-state index in [4.69, 9.17) is 15.2 Å². The van der Waals surface area contributed by atoms with Crippen molar-refractivity contribution in [3.05, 3.63) is 83.2 Å². The molecule has 0 spiro atoms. The van der Waals surface area contributed by atoms with E-state index in [1.807, 2.05) is 13.8 Å². The number of amides is 2. The van der Waals surface area contributed by atoms with E-state index < -0.39 is 5.91 Å². The molecule has 8 heteroatoms. The van der Waals surface area contributed by atoms with Crippen LogP contribution in [0.4, 0.5) is 5.69 Å². The van der Waals surface area contributed by atoms with Crippen LogP contribution in [0.1, 0.15) is 45.7 Å². The van der Waals surface area contributed by atoms with E-state index in [-0.39, 0.29) is 11.7 Å². The zero-order valence-electron chi connectivity index (χ0n) is 18.8. The molecule has 3 aromatic rings. The number of hydrogen-bond donors (Lipinski definition) is 2. The molecule has 0 unspecified atom stereocenters. The first-order valence-electron chi connectivity index (χ1n) is 10.5. The number of aromatic nitrogens is 1. The lowest BCUT2D eigenvalue weighted by molar-refractivity contribution is 0.0999. The van der Waals surface area contributed by atoms with Crippen molar-refractivity contribution >= 4 is 23.3 Å². The van der Waals surface area contributed by atoms with Crippen LogP contribution >= 0.6 is 0 Å². The number of anilines is 1. The lowest BCUT2D eigenvalue weighted by Crippen LogP contribution is -2.18. The summed E-state index contributed by atoms with van der Waals surface area (Å²) in [5.74, 6) is 0.324. The predicted octanol–water partition coefficient (Wildman–Crippen LogP) is 3.99. The number of hydrogen-bond acceptors (Lipinski definition) is 5. The van der Waals surface area contributed by atoms with Crippen LogP contribution in [0, 0.1) is 6.92 Å². The first kappa shape index (κ1) is 23.5. The van der Waals surface area contributed by atoms with Crippen molar-refractivity contribution in [2.45, 2.75) is 20.8 Å². The minimum absolute atomic E-state index is 0.0606. The number of ether oxygens (including phenoxy) is 2. The Morgan fingerprint density at radius 2 is 1.61 bits per heavy atom. The van der Waals surface area contributed by atoms with E-state index in [1.54, 1.807) is 67.8 Å². The van der Waals surface area contributed by atoms with Gasteiger partial charge in [0, 0.05) is 34.8 Å². The normalized spacial score (nSPS) is 11.1. The molecule has 0 fully saturated rings. The summed E-state index contributed by atoms with van der Waals surface area (Å²) in [6.07, 6.45) is 3.19. The van der Waals surface area contributed by atoms with Crippen LogP contribution in [0.2, 0.25) is 0 Å². The summed E-state index contributed by atoms with van der Waals surface area (Å²) >= 11 is 0. The molecule has 0 bridgehead atoms. The number of nitrogens with two attached hydrogens (primary N) is 1. The van der Waals surface area contributed by atoms with Crippen LogP contribution in [0.15, 0.2) is 65.9 Å². The Kier molecular flexibility index (Phi) is 7.75. The Hall–Kier alpha value is -4.20. The SMILES string of the molecule is CCOc1ccc(C(=O)N=C(N)c2ccc(C(=O)Nc3ccncc3)cc2C)cc1OCC. The first-order chi connectivity index (χ1) is 15.9. The zero-order valence-corrected chi connectivity index (χ0v) is 18.8. The van der Waals surface area contributed by atoms with Crippen molar-refractivity contribution in [2.24, 2.45) is 10.7 Å². The fourth-order valence-electron chi connectivity index (χ4n) is 3.15. The molecule has 0 saturated heterocycles. The summed E-state index contributed by atoms with van der Waals surface area (Å²) in [6, 6.07) is 13.3. The fourth-order valence-corrected chi connectivity index (χ4v) is 3.15. The number of carbonyl (C=O) groups excluding carboxylic acids is 2. The van der Waals surface area contributed by atoms with Gasteiger partial charge in [-0.15, -0.1) is 0 Å². The van der Waals surface area contributed by atoms with Crippen LogP contribution in [-0.2, 0) is 0 Å². The van der Waals surface area contributed by atoms with Crippen LogP contribution in [0.25, 0.3) is 0 Å². The number of aliphatic imine (C=N–C) groups is 1. The number of benzene rings is 2. The second-order valence-corrected chi connectivity index (χ2v) is 7.05. The van der Waals surface area contributed by atoms with Crippen molar-refractivity contribution in [2.75, 3.05) is 18.5 Å². The summed E-state index contributed by atoms with van der Waals surface area (Å²) < 4.78 is 11.1. The number of rotatable bonds is 8. The second-order valence-electron chi connectivity index (χ2n) is 7.05. The van der Waals surface area contributed by atoms with Crippen molar-refractivity contribution < 1.29 is 19.1 Å². The van der Waals surface area contributed by atoms with Crippen molar-refractivity contribution in [1.82, 2.24) is 4.98 Å². The van der Waals surface area contributed by atoms with Gasteiger partial charge in [-0.25, -0.2) is 0 Å². The second kappa shape index (κ2) is 10.9. The molecule has 0 radical (unpaired) electrons. The Morgan fingerprint density at radius 1 is 0.939 bits per heavy atom. The minimum atomic E-state index is -0.504. The molecule has 0 saturated carbocycles. The maximum absolute atomic E-state index is 12.7. The van der Waals surface area contributed by atoms with Gasteiger partial charge in [-0.3, -0.25) is 14.6 Å². The van der Waals surface area contributed by atoms with E-state index in [0.717, 1.165) is 0 Å². The maximum Gasteiger partial charge on any atom is 0.279 e. The lowest BCUT2D eigenvalue weighted by Gasteiger charge is -2.12. The molecule has 2 amide bonds. The van der Waals surface area contributed by atoms with Crippen LogP contribution in [0.3, 0.4) is 0 Å². The summed E-state index contributed by atoms with van der Waals surface area (Å²) in [4.78, 5) is 33.2. The van der Waals surface area contributed by atoms with Crippen molar-refractivity contribution in [3.63, 3.8) is 0 Å². The smallest absolute Gasteiger partial charge is 0.279 e. The molecule has 0 aliphatic rings. The van der Waals surface area contributed by atoms with E-state index in [0.29, 0.717) is 52.7 Å². The molecule has 8 nitrogen and oxygen atoms in total.